The van der Waals surface area contributed by atoms with E-state index in [0.717, 1.165) is 65.3 Å². The molecule has 1 fully saturated rings. The van der Waals surface area contributed by atoms with Crippen LogP contribution in [0, 0.1) is 6.92 Å². The van der Waals surface area contributed by atoms with Crippen molar-refractivity contribution in [3.8, 4) is 22.5 Å². The number of benzene rings is 4. The summed E-state index contributed by atoms with van der Waals surface area (Å²) in [6.07, 6.45) is -2.66. The van der Waals surface area contributed by atoms with Gasteiger partial charge in [0.15, 0.2) is 0 Å². The Morgan fingerprint density at radius 2 is 1.47 bits per heavy atom. The zero-order valence-electron chi connectivity index (χ0n) is 24.8. The number of para-hydroxylation sites is 2. The lowest BCUT2D eigenvalue weighted by Gasteiger charge is -2.39. The summed E-state index contributed by atoms with van der Waals surface area (Å²) in [5.41, 5.74) is 11.6. The molecule has 9 heteroatoms. The van der Waals surface area contributed by atoms with E-state index in [2.05, 4.69) is 108 Å². The lowest BCUT2D eigenvalue weighted by Crippen LogP contribution is -2.43. The van der Waals surface area contributed by atoms with Crippen molar-refractivity contribution in [3.05, 3.63) is 114 Å². The lowest BCUT2D eigenvalue weighted by molar-refractivity contribution is -0.192. The molecule has 1 aromatic heterocycles. The maximum absolute atomic E-state index is 10.6. The van der Waals surface area contributed by atoms with Crippen molar-refractivity contribution in [2.45, 2.75) is 37.9 Å². The van der Waals surface area contributed by atoms with Gasteiger partial charge in [-0.05, 0) is 61.7 Å². The number of nitrogens with one attached hydrogen (secondary N) is 1. The number of hydrogen-bond donors (Lipinski definition) is 2. The molecule has 2 N–H and O–H groups in total. The monoisotopic (exact) mass is 610 g/mol. The molecule has 0 amide bonds. The van der Waals surface area contributed by atoms with Gasteiger partial charge in [-0.25, -0.2) is 14.8 Å². The molecule has 230 valence electrons. The molecule has 6 nitrogen and oxygen atoms in total. The van der Waals surface area contributed by atoms with Crippen LogP contribution in [0.25, 0.3) is 33.5 Å². The Hall–Kier alpha value is -4.76. The van der Waals surface area contributed by atoms with Crippen molar-refractivity contribution in [2.75, 3.05) is 25.0 Å². The molecule has 1 saturated heterocycles. The molecule has 45 heavy (non-hydrogen) atoms. The van der Waals surface area contributed by atoms with E-state index in [4.69, 9.17) is 19.9 Å². The summed E-state index contributed by atoms with van der Waals surface area (Å²) < 4.78 is 31.7. The number of alkyl halides is 3. The summed E-state index contributed by atoms with van der Waals surface area (Å²) in [5.74, 6) is -2.76. The number of aliphatic carboxylic acids is 1. The number of hydrogen-bond acceptors (Lipinski definition) is 5. The first-order chi connectivity index (χ1) is 21.6. The highest BCUT2D eigenvalue weighted by Crippen LogP contribution is 2.44. The molecule has 4 aromatic carbocycles. The molecule has 7 rings (SSSR count). The number of nitrogens with zero attached hydrogens (tertiary/aromatic N) is 3. The third kappa shape index (κ3) is 6.40. The van der Waals surface area contributed by atoms with E-state index in [0.29, 0.717) is 5.41 Å². The van der Waals surface area contributed by atoms with Gasteiger partial charge in [-0.2, -0.15) is 13.2 Å². The fourth-order valence-corrected chi connectivity index (χ4v) is 6.29. The van der Waals surface area contributed by atoms with Gasteiger partial charge in [0.25, 0.3) is 0 Å². The molecule has 3 heterocycles. The van der Waals surface area contributed by atoms with Crippen LogP contribution >= 0.6 is 0 Å². The van der Waals surface area contributed by atoms with Gasteiger partial charge in [-0.3, -0.25) is 4.90 Å². The van der Waals surface area contributed by atoms with Gasteiger partial charge >= 0.3 is 12.1 Å². The zero-order valence-corrected chi connectivity index (χ0v) is 24.8. The summed E-state index contributed by atoms with van der Waals surface area (Å²) in [7, 11) is 0. The molecule has 0 saturated carbocycles. The Bertz CT molecular complexity index is 1820. The highest BCUT2D eigenvalue weighted by Gasteiger charge is 2.41. The summed E-state index contributed by atoms with van der Waals surface area (Å²) in [6, 6.07) is 34.5. The molecule has 1 spiro atoms. The minimum atomic E-state index is -5.08. The number of rotatable bonds is 4. The second kappa shape index (κ2) is 12.3. The van der Waals surface area contributed by atoms with Crippen molar-refractivity contribution in [3.63, 3.8) is 0 Å². The first-order valence-electron chi connectivity index (χ1n) is 14.9. The van der Waals surface area contributed by atoms with Crippen LogP contribution in [-0.2, 0) is 16.8 Å². The smallest absolute Gasteiger partial charge is 0.475 e. The van der Waals surface area contributed by atoms with Crippen LogP contribution < -0.4 is 5.32 Å². The Morgan fingerprint density at radius 3 is 2.16 bits per heavy atom. The fourth-order valence-electron chi connectivity index (χ4n) is 6.29. The van der Waals surface area contributed by atoms with Gasteiger partial charge in [0.05, 0.1) is 22.4 Å². The summed E-state index contributed by atoms with van der Waals surface area (Å²) in [6.45, 7) is 6.43. The lowest BCUT2D eigenvalue weighted by atomic mass is 9.74. The quantitative estimate of drug-likeness (QED) is 0.216. The number of carboxylic acids is 1. The third-order valence-corrected chi connectivity index (χ3v) is 8.75. The number of carboxylic acid groups (broad SMARTS) is 1. The predicted molar refractivity (Wildman–Crippen MR) is 170 cm³/mol. The van der Waals surface area contributed by atoms with Gasteiger partial charge in [0, 0.05) is 35.3 Å². The van der Waals surface area contributed by atoms with Crippen LogP contribution in [0.2, 0.25) is 0 Å². The van der Waals surface area contributed by atoms with Gasteiger partial charge < -0.3 is 10.4 Å². The molecule has 0 unspecified atom stereocenters. The molecule has 2 aliphatic heterocycles. The second-order valence-electron chi connectivity index (χ2n) is 11.7. The maximum Gasteiger partial charge on any atom is 0.490 e. The van der Waals surface area contributed by atoms with Crippen LogP contribution in [-0.4, -0.2) is 51.8 Å². The van der Waals surface area contributed by atoms with Crippen LogP contribution in [0.15, 0.2) is 97.1 Å². The van der Waals surface area contributed by atoms with E-state index in [9.17, 15) is 13.2 Å². The Labute approximate surface area is 259 Å². The highest BCUT2D eigenvalue weighted by atomic mass is 19.4. The summed E-state index contributed by atoms with van der Waals surface area (Å²) in [5, 5.41) is 10.8. The van der Waals surface area contributed by atoms with Crippen molar-refractivity contribution in [2.24, 2.45) is 0 Å². The number of piperidine rings is 1. The average Bonchev–Trinajstić information content (AvgIpc) is 3.40. The van der Waals surface area contributed by atoms with Gasteiger partial charge in [0.1, 0.15) is 0 Å². The SMILES string of the molecule is Cc1cccc2nc(-c3ccccc3)c(-c3ccc(CN4CCC5(CC4)CNc4ccccc45)cc3)nc12.O=C(O)C(F)(F)F. The summed E-state index contributed by atoms with van der Waals surface area (Å²) >= 11 is 0. The van der Waals surface area contributed by atoms with Crippen LogP contribution in [0.5, 0.6) is 0 Å². The number of anilines is 1. The van der Waals surface area contributed by atoms with E-state index in [1.807, 2.05) is 6.07 Å². The van der Waals surface area contributed by atoms with Crippen molar-refractivity contribution in [1.82, 2.24) is 14.9 Å². The van der Waals surface area contributed by atoms with E-state index < -0.39 is 12.1 Å². The van der Waals surface area contributed by atoms with E-state index >= 15 is 0 Å². The number of aromatic nitrogens is 2. The number of aryl methyl sites for hydroxylation is 1. The number of fused-ring (bicyclic) bond motifs is 3. The van der Waals surface area contributed by atoms with Crippen molar-refractivity contribution in [1.29, 1.82) is 0 Å². The van der Waals surface area contributed by atoms with Crippen LogP contribution in [0.1, 0.15) is 29.5 Å². The van der Waals surface area contributed by atoms with Crippen LogP contribution in [0.4, 0.5) is 18.9 Å². The molecule has 2 aliphatic rings. The molecule has 0 atom stereocenters. The molecular weight excluding hydrogens is 577 g/mol. The van der Waals surface area contributed by atoms with E-state index in [1.165, 1.54) is 29.7 Å². The first kappa shape index (κ1) is 30.3. The predicted octanol–water partition coefficient (Wildman–Crippen LogP) is 7.86. The molecular formula is C36H33F3N4O2. The number of carbonyl (C=O) groups is 1. The van der Waals surface area contributed by atoms with Gasteiger partial charge in [-0.15, -0.1) is 0 Å². The average molecular weight is 611 g/mol. The first-order valence-corrected chi connectivity index (χ1v) is 14.9. The third-order valence-electron chi connectivity index (χ3n) is 8.75. The van der Waals surface area contributed by atoms with Crippen molar-refractivity contribution < 1.29 is 23.1 Å². The highest BCUT2D eigenvalue weighted by molar-refractivity contribution is 5.87. The molecule has 5 aromatic rings. The molecule has 0 aliphatic carbocycles. The summed E-state index contributed by atoms with van der Waals surface area (Å²) in [4.78, 5) is 21.7. The van der Waals surface area contributed by atoms with Gasteiger partial charge in [0.2, 0.25) is 0 Å². The topological polar surface area (TPSA) is 78.4 Å². The van der Waals surface area contributed by atoms with Crippen molar-refractivity contribution >= 4 is 22.7 Å². The Balaban J connectivity index is 0.000000460. The maximum atomic E-state index is 10.6. The Morgan fingerprint density at radius 1 is 0.844 bits per heavy atom. The number of halogens is 3. The second-order valence-corrected chi connectivity index (χ2v) is 11.7. The largest absolute Gasteiger partial charge is 0.490 e. The zero-order chi connectivity index (χ0) is 31.6. The minimum absolute atomic E-state index is 0.303. The normalized spacial score (nSPS) is 15.6. The standard InChI is InChI=1S/C34H32N4.C2HF3O2/c1-24-8-7-13-30-31(24)37-33(32(36-30)26-9-3-2-4-10-26)27-16-14-25(15-17-27)22-38-20-18-34(19-21-38)23-35-29-12-6-5-11-28(29)34;3-2(4,5)1(6)7/h2-17,35H,18-23H2,1H3;(H,6,7). The van der Waals surface area contributed by atoms with E-state index in [1.54, 1.807) is 0 Å². The van der Waals surface area contributed by atoms with Crippen LogP contribution in [0.3, 0.4) is 0 Å². The fraction of sp³-hybridized carbons (Fsp3) is 0.250. The number of likely N-dealkylation sites (tertiary alicyclic amines) is 1. The van der Waals surface area contributed by atoms with E-state index in [-0.39, 0.29) is 0 Å². The Kier molecular flexibility index (Phi) is 8.29. The minimum Gasteiger partial charge on any atom is -0.475 e. The van der Waals surface area contributed by atoms with Gasteiger partial charge in [-0.1, -0.05) is 84.9 Å². The molecule has 0 radical (unpaired) electrons. The molecule has 0 bridgehead atoms.